The van der Waals surface area contributed by atoms with Crippen molar-refractivity contribution in [1.82, 2.24) is 10.2 Å². The van der Waals surface area contributed by atoms with Crippen LogP contribution in [-0.2, 0) is 9.59 Å². The molecular weight excluding hydrogens is 306 g/mol. The number of nitrogens with zero attached hydrogens (tertiary/aromatic N) is 1. The molecule has 0 radical (unpaired) electrons. The first kappa shape index (κ1) is 16.6. The van der Waals surface area contributed by atoms with Gasteiger partial charge >= 0.3 is 0 Å². The summed E-state index contributed by atoms with van der Waals surface area (Å²) < 4.78 is 5.27. The fourth-order valence-corrected chi connectivity index (χ4v) is 3.14. The molecule has 2 amide bonds. The number of hydrogen-bond acceptors (Lipinski definition) is 4. The van der Waals surface area contributed by atoms with Crippen LogP contribution < -0.4 is 15.4 Å². The van der Waals surface area contributed by atoms with Gasteiger partial charge in [-0.15, -0.1) is 0 Å². The molecule has 6 nitrogen and oxygen atoms in total. The number of piperidine rings is 1. The first-order chi connectivity index (χ1) is 11.5. The molecule has 1 saturated carbocycles. The van der Waals surface area contributed by atoms with E-state index in [-0.39, 0.29) is 11.8 Å². The van der Waals surface area contributed by atoms with Crippen molar-refractivity contribution in [2.24, 2.45) is 0 Å². The van der Waals surface area contributed by atoms with E-state index in [1.165, 1.54) is 0 Å². The van der Waals surface area contributed by atoms with E-state index in [0.717, 1.165) is 24.3 Å². The van der Waals surface area contributed by atoms with E-state index in [4.69, 9.17) is 4.74 Å². The van der Waals surface area contributed by atoms with E-state index in [1.807, 2.05) is 24.3 Å². The molecular formula is C18H25N3O3. The normalized spacial score (nSPS) is 19.5. The Morgan fingerprint density at radius 2 is 1.96 bits per heavy atom. The average molecular weight is 331 g/mol. The van der Waals surface area contributed by atoms with Gasteiger partial charge in [0.05, 0.1) is 7.11 Å². The fourth-order valence-electron chi connectivity index (χ4n) is 3.14. The van der Waals surface area contributed by atoms with Gasteiger partial charge in [0.15, 0.2) is 0 Å². The zero-order valence-corrected chi connectivity index (χ0v) is 14.3. The zero-order valence-electron chi connectivity index (χ0n) is 14.3. The molecule has 24 heavy (non-hydrogen) atoms. The third kappa shape index (κ3) is 3.63. The lowest BCUT2D eigenvalue weighted by Crippen LogP contribution is -2.59. The lowest BCUT2D eigenvalue weighted by Gasteiger charge is -2.41. The second kappa shape index (κ2) is 6.71. The first-order valence-electron chi connectivity index (χ1n) is 8.51. The summed E-state index contributed by atoms with van der Waals surface area (Å²) in [7, 11) is 1.63. The third-order valence-corrected chi connectivity index (χ3v) is 4.86. The largest absolute Gasteiger partial charge is 0.497 e. The van der Waals surface area contributed by atoms with Gasteiger partial charge in [-0.25, -0.2) is 0 Å². The molecule has 0 atom stereocenters. The van der Waals surface area contributed by atoms with Crippen LogP contribution in [0.2, 0.25) is 0 Å². The molecule has 3 rings (SSSR count). The Bertz CT molecular complexity index is 620. The number of ether oxygens (including phenoxy) is 1. The predicted octanol–water partition coefficient (Wildman–Crippen LogP) is 1.77. The van der Waals surface area contributed by atoms with Gasteiger partial charge in [-0.2, -0.15) is 0 Å². The number of carbonyl (C=O) groups is 2. The van der Waals surface area contributed by atoms with E-state index in [9.17, 15) is 9.59 Å². The van der Waals surface area contributed by atoms with Crippen molar-refractivity contribution < 1.29 is 14.3 Å². The molecule has 2 N–H and O–H groups in total. The molecule has 0 aromatic heterocycles. The number of anilines is 1. The van der Waals surface area contributed by atoms with Gasteiger partial charge in [0.25, 0.3) is 0 Å². The van der Waals surface area contributed by atoms with Gasteiger partial charge < -0.3 is 20.3 Å². The maximum atomic E-state index is 12.9. The molecule has 0 bridgehead atoms. The topological polar surface area (TPSA) is 70.7 Å². The van der Waals surface area contributed by atoms with Crippen molar-refractivity contribution in [3.63, 3.8) is 0 Å². The molecule has 1 aliphatic heterocycles. The molecule has 1 saturated heterocycles. The predicted molar refractivity (Wildman–Crippen MR) is 92.0 cm³/mol. The number of methoxy groups -OCH3 is 1. The Hall–Kier alpha value is -2.24. The molecule has 1 aromatic carbocycles. The Balaban J connectivity index is 1.79. The molecule has 1 aromatic rings. The van der Waals surface area contributed by atoms with Crippen LogP contribution in [0.15, 0.2) is 24.3 Å². The highest BCUT2D eigenvalue weighted by Gasteiger charge is 2.43. The van der Waals surface area contributed by atoms with Gasteiger partial charge in [0.2, 0.25) is 11.8 Å². The van der Waals surface area contributed by atoms with Gasteiger partial charge in [-0.05, 0) is 37.8 Å². The van der Waals surface area contributed by atoms with E-state index in [1.54, 1.807) is 18.9 Å². The van der Waals surface area contributed by atoms with E-state index in [0.29, 0.717) is 32.0 Å². The van der Waals surface area contributed by atoms with Crippen LogP contribution in [0.4, 0.5) is 5.69 Å². The Kier molecular flexibility index (Phi) is 4.64. The Morgan fingerprint density at radius 3 is 2.54 bits per heavy atom. The number of carbonyl (C=O) groups excluding carboxylic acids is 2. The van der Waals surface area contributed by atoms with Crippen LogP contribution in [0.1, 0.15) is 32.6 Å². The van der Waals surface area contributed by atoms with Crippen molar-refractivity contribution in [2.75, 3.05) is 25.5 Å². The van der Waals surface area contributed by atoms with E-state index >= 15 is 0 Å². The summed E-state index contributed by atoms with van der Waals surface area (Å²) in [4.78, 5) is 26.3. The van der Waals surface area contributed by atoms with Crippen LogP contribution in [0, 0.1) is 0 Å². The SMILES string of the molecule is COc1cccc(NC2(C(=O)NC3CC3)CCN(C(C)=O)CC2)c1. The quantitative estimate of drug-likeness (QED) is 0.863. The number of amides is 2. The summed E-state index contributed by atoms with van der Waals surface area (Å²) >= 11 is 0. The lowest BCUT2D eigenvalue weighted by atomic mass is 9.85. The minimum absolute atomic E-state index is 0.0380. The number of likely N-dealkylation sites (tertiary alicyclic amines) is 1. The van der Waals surface area contributed by atoms with Crippen molar-refractivity contribution >= 4 is 17.5 Å². The second-order valence-electron chi connectivity index (χ2n) is 6.69. The average Bonchev–Trinajstić information content (AvgIpc) is 3.39. The summed E-state index contributed by atoms with van der Waals surface area (Å²) in [6, 6.07) is 7.92. The van der Waals surface area contributed by atoms with Crippen molar-refractivity contribution in [2.45, 2.75) is 44.2 Å². The van der Waals surface area contributed by atoms with Crippen LogP contribution in [-0.4, -0.2) is 48.5 Å². The van der Waals surface area contributed by atoms with Crippen LogP contribution in [0.25, 0.3) is 0 Å². The highest BCUT2D eigenvalue weighted by Crippen LogP contribution is 2.30. The Morgan fingerprint density at radius 1 is 1.25 bits per heavy atom. The monoisotopic (exact) mass is 331 g/mol. The van der Waals surface area contributed by atoms with E-state index in [2.05, 4.69) is 10.6 Å². The summed E-state index contributed by atoms with van der Waals surface area (Å²) in [6.07, 6.45) is 3.31. The summed E-state index contributed by atoms with van der Waals surface area (Å²) in [5.74, 6) is 0.850. The molecule has 1 aliphatic carbocycles. The third-order valence-electron chi connectivity index (χ3n) is 4.86. The molecule has 2 aliphatic rings. The first-order valence-corrected chi connectivity index (χ1v) is 8.51. The van der Waals surface area contributed by atoms with Crippen LogP contribution >= 0.6 is 0 Å². The van der Waals surface area contributed by atoms with Crippen LogP contribution in [0.5, 0.6) is 5.75 Å². The standard InChI is InChI=1S/C18H25N3O3/c1-13(22)21-10-8-18(9-11-21,17(23)19-14-6-7-14)20-15-4-3-5-16(12-15)24-2/h3-5,12,14,20H,6-11H2,1-2H3,(H,19,23). The lowest BCUT2D eigenvalue weighted by molar-refractivity contribution is -0.134. The van der Waals surface area contributed by atoms with E-state index < -0.39 is 5.54 Å². The summed E-state index contributed by atoms with van der Waals surface area (Å²) in [6.45, 7) is 2.75. The molecule has 1 heterocycles. The van der Waals surface area contributed by atoms with Crippen molar-refractivity contribution in [3.8, 4) is 5.75 Å². The Labute approximate surface area is 142 Å². The highest BCUT2D eigenvalue weighted by atomic mass is 16.5. The van der Waals surface area contributed by atoms with Gasteiger partial charge in [0, 0.05) is 37.8 Å². The number of nitrogens with one attached hydrogen (secondary N) is 2. The van der Waals surface area contributed by atoms with Crippen molar-refractivity contribution in [3.05, 3.63) is 24.3 Å². The number of benzene rings is 1. The second-order valence-corrected chi connectivity index (χ2v) is 6.69. The van der Waals surface area contributed by atoms with Gasteiger partial charge in [-0.1, -0.05) is 6.07 Å². The molecule has 0 unspecified atom stereocenters. The van der Waals surface area contributed by atoms with Gasteiger partial charge in [0.1, 0.15) is 11.3 Å². The minimum Gasteiger partial charge on any atom is -0.497 e. The molecule has 6 heteroatoms. The summed E-state index contributed by atoms with van der Waals surface area (Å²) in [5, 5.41) is 6.55. The molecule has 0 spiro atoms. The van der Waals surface area contributed by atoms with Crippen molar-refractivity contribution in [1.29, 1.82) is 0 Å². The van der Waals surface area contributed by atoms with Crippen LogP contribution in [0.3, 0.4) is 0 Å². The number of hydrogen-bond donors (Lipinski definition) is 2. The smallest absolute Gasteiger partial charge is 0.246 e. The fraction of sp³-hybridized carbons (Fsp3) is 0.556. The molecule has 2 fully saturated rings. The zero-order chi connectivity index (χ0) is 17.2. The molecule has 130 valence electrons. The highest BCUT2D eigenvalue weighted by molar-refractivity contribution is 5.90. The maximum absolute atomic E-state index is 12.9. The maximum Gasteiger partial charge on any atom is 0.246 e. The van der Waals surface area contributed by atoms with Gasteiger partial charge in [-0.3, -0.25) is 9.59 Å². The minimum atomic E-state index is -0.680. The number of rotatable bonds is 5. The summed E-state index contributed by atoms with van der Waals surface area (Å²) in [5.41, 5.74) is 0.178.